The van der Waals surface area contributed by atoms with E-state index in [1.807, 2.05) is 13.8 Å². The number of nitrogens with zero attached hydrogens (tertiary/aromatic N) is 6. The normalized spacial score (nSPS) is 15.4. The van der Waals surface area contributed by atoms with Gasteiger partial charge in [0.15, 0.2) is 5.82 Å². The Morgan fingerprint density at radius 1 is 1.18 bits per heavy atom. The summed E-state index contributed by atoms with van der Waals surface area (Å²) in [5.41, 5.74) is 1.87. The molecule has 10 nitrogen and oxygen atoms in total. The van der Waals surface area contributed by atoms with E-state index in [4.69, 9.17) is 4.74 Å². The van der Waals surface area contributed by atoms with Crippen LogP contribution in [-0.2, 0) is 31.0 Å². The number of aryl methyl sites for hydroxylation is 2. The molecule has 2 amide bonds. The summed E-state index contributed by atoms with van der Waals surface area (Å²) in [6.45, 7) is 5.70. The minimum Gasteiger partial charge on any atom is -0.438 e. The van der Waals surface area contributed by atoms with Gasteiger partial charge in [-0.1, -0.05) is 0 Å². The highest BCUT2D eigenvalue weighted by molar-refractivity contribution is 5.99. The topological polar surface area (TPSA) is 107 Å². The van der Waals surface area contributed by atoms with E-state index in [0.717, 1.165) is 29.9 Å². The van der Waals surface area contributed by atoms with E-state index in [1.54, 1.807) is 23.1 Å². The Labute approximate surface area is 215 Å². The number of hydrogen-bond acceptors (Lipinski definition) is 6. The van der Waals surface area contributed by atoms with Crippen LogP contribution in [0.5, 0.6) is 11.6 Å². The molecule has 0 bridgehead atoms. The molecule has 0 radical (unpaired) electrons. The van der Waals surface area contributed by atoms with Crippen molar-refractivity contribution in [2.75, 3.05) is 5.32 Å². The van der Waals surface area contributed by atoms with E-state index in [0.29, 0.717) is 40.2 Å². The van der Waals surface area contributed by atoms with Crippen LogP contribution < -0.4 is 10.1 Å². The van der Waals surface area contributed by atoms with Gasteiger partial charge < -0.3 is 9.64 Å². The first-order chi connectivity index (χ1) is 17.9. The largest absolute Gasteiger partial charge is 0.438 e. The van der Waals surface area contributed by atoms with Crippen LogP contribution in [0.15, 0.2) is 36.8 Å². The summed E-state index contributed by atoms with van der Waals surface area (Å²) in [6.07, 6.45) is -1.12. The smallest absolute Gasteiger partial charge is 0.433 e. The third-order valence-corrected chi connectivity index (χ3v) is 6.67. The lowest BCUT2D eigenvalue weighted by molar-refractivity contribution is -0.143. The SMILES string of the molecule is CC(=O)N1Cc2ncnc(Oc3ccc4c(ccn4C(=O)Nc4cc(C(F)(F)F)n(C)n4)c3C)c2CC1C. The van der Waals surface area contributed by atoms with Crippen molar-refractivity contribution in [3.05, 3.63) is 59.3 Å². The molecule has 1 N–H and O–H groups in total. The number of hydrogen-bond donors (Lipinski definition) is 1. The van der Waals surface area contributed by atoms with E-state index in [-0.39, 0.29) is 17.8 Å². The van der Waals surface area contributed by atoms with Crippen LogP contribution in [0.4, 0.5) is 23.8 Å². The average molecular weight is 528 g/mol. The van der Waals surface area contributed by atoms with Crippen LogP contribution in [0.3, 0.4) is 0 Å². The Hall–Kier alpha value is -4.42. The van der Waals surface area contributed by atoms with Gasteiger partial charge in [-0.2, -0.15) is 18.3 Å². The molecule has 1 aliphatic heterocycles. The van der Waals surface area contributed by atoms with Crippen molar-refractivity contribution in [3.63, 3.8) is 0 Å². The highest BCUT2D eigenvalue weighted by atomic mass is 19.4. The number of anilines is 1. The first-order valence-electron chi connectivity index (χ1n) is 11.7. The Bertz CT molecular complexity index is 1570. The van der Waals surface area contributed by atoms with Crippen molar-refractivity contribution in [2.45, 2.75) is 46.0 Å². The van der Waals surface area contributed by atoms with Crippen molar-refractivity contribution in [2.24, 2.45) is 7.05 Å². The lowest BCUT2D eigenvalue weighted by atomic mass is 9.99. The van der Waals surface area contributed by atoms with Crippen molar-refractivity contribution >= 4 is 28.7 Å². The fourth-order valence-corrected chi connectivity index (χ4v) is 4.70. The highest BCUT2D eigenvalue weighted by Gasteiger charge is 2.35. The van der Waals surface area contributed by atoms with Crippen molar-refractivity contribution in [1.82, 2.24) is 29.2 Å². The van der Waals surface area contributed by atoms with Crippen LogP contribution in [0.25, 0.3) is 10.9 Å². The molecular formula is C25H24F3N7O3. The van der Waals surface area contributed by atoms with Crippen LogP contribution in [-0.4, -0.2) is 47.2 Å². The average Bonchev–Trinajstić information content (AvgIpc) is 3.44. The van der Waals surface area contributed by atoms with Crippen LogP contribution >= 0.6 is 0 Å². The van der Waals surface area contributed by atoms with Gasteiger partial charge in [-0.15, -0.1) is 0 Å². The first kappa shape index (κ1) is 25.2. The predicted molar refractivity (Wildman–Crippen MR) is 131 cm³/mol. The summed E-state index contributed by atoms with van der Waals surface area (Å²) < 4.78 is 47.3. The molecule has 1 unspecified atom stereocenters. The molecule has 38 heavy (non-hydrogen) atoms. The number of carbonyl (C=O) groups excluding carboxylic acids is 2. The van der Waals surface area contributed by atoms with Gasteiger partial charge in [-0.3, -0.25) is 19.4 Å². The van der Waals surface area contributed by atoms with Crippen molar-refractivity contribution < 1.29 is 27.5 Å². The van der Waals surface area contributed by atoms with Crippen LogP contribution in [0.1, 0.15) is 36.4 Å². The maximum Gasteiger partial charge on any atom is 0.433 e. The number of benzene rings is 1. The third-order valence-electron chi connectivity index (χ3n) is 6.67. The predicted octanol–water partition coefficient (Wildman–Crippen LogP) is 4.66. The lowest BCUT2D eigenvalue weighted by Gasteiger charge is -2.33. The number of fused-ring (bicyclic) bond motifs is 2. The molecule has 5 rings (SSSR count). The van der Waals surface area contributed by atoms with Crippen LogP contribution in [0, 0.1) is 6.92 Å². The van der Waals surface area contributed by atoms with E-state index in [1.165, 1.54) is 24.0 Å². The third kappa shape index (κ3) is 4.44. The molecule has 0 aliphatic carbocycles. The molecule has 13 heteroatoms. The Morgan fingerprint density at radius 2 is 1.95 bits per heavy atom. The second kappa shape index (κ2) is 9.15. The molecule has 4 heterocycles. The number of alkyl halides is 3. The van der Waals surface area contributed by atoms with Gasteiger partial charge in [-0.25, -0.2) is 14.8 Å². The second-order valence-electron chi connectivity index (χ2n) is 9.18. The number of nitrogens with one attached hydrogen (secondary N) is 1. The number of aromatic nitrogens is 5. The van der Waals surface area contributed by atoms with Gasteiger partial charge >= 0.3 is 12.2 Å². The van der Waals surface area contributed by atoms with E-state index < -0.39 is 17.9 Å². The number of halogens is 3. The molecule has 0 fully saturated rings. The summed E-state index contributed by atoms with van der Waals surface area (Å²) in [5.74, 6) is 0.690. The standard InChI is InChI=1S/C25H24F3N7O3/c1-13-9-17-18(11-35(13)15(3)36)29-12-30-23(17)38-20-6-5-19-16(14(20)2)7-8-34(19)24(37)31-22-10-21(25(26,27)28)33(4)32-22/h5-8,10,12-13H,9,11H2,1-4H3,(H,31,32,37). The molecule has 198 valence electrons. The van der Waals surface area contributed by atoms with E-state index in [2.05, 4.69) is 20.4 Å². The highest BCUT2D eigenvalue weighted by Crippen LogP contribution is 2.35. The summed E-state index contributed by atoms with van der Waals surface area (Å²) in [7, 11) is 1.16. The maximum atomic E-state index is 13.1. The fourth-order valence-electron chi connectivity index (χ4n) is 4.70. The van der Waals surface area contributed by atoms with Gasteiger partial charge in [0.1, 0.15) is 17.8 Å². The first-order valence-corrected chi connectivity index (χ1v) is 11.7. The van der Waals surface area contributed by atoms with Crippen molar-refractivity contribution in [3.8, 4) is 11.6 Å². The Morgan fingerprint density at radius 3 is 2.63 bits per heavy atom. The number of amides is 2. The van der Waals surface area contributed by atoms with Gasteiger partial charge in [0.2, 0.25) is 11.8 Å². The maximum absolute atomic E-state index is 13.1. The minimum atomic E-state index is -4.59. The molecule has 1 atom stereocenters. The molecule has 0 saturated carbocycles. The fraction of sp³-hybridized carbons (Fsp3) is 0.320. The summed E-state index contributed by atoms with van der Waals surface area (Å²) >= 11 is 0. The second-order valence-corrected chi connectivity index (χ2v) is 9.18. The van der Waals surface area contributed by atoms with Crippen molar-refractivity contribution in [1.29, 1.82) is 0 Å². The zero-order valence-corrected chi connectivity index (χ0v) is 21.0. The minimum absolute atomic E-state index is 0.0251. The molecule has 1 aliphatic rings. The molecule has 0 saturated heterocycles. The van der Waals surface area contributed by atoms with Gasteiger partial charge in [0, 0.05) is 48.8 Å². The zero-order chi connectivity index (χ0) is 27.4. The number of carbonyl (C=O) groups is 2. The lowest BCUT2D eigenvalue weighted by Crippen LogP contribution is -2.41. The zero-order valence-electron chi connectivity index (χ0n) is 21.0. The summed E-state index contributed by atoms with van der Waals surface area (Å²) in [5, 5.41) is 6.86. The summed E-state index contributed by atoms with van der Waals surface area (Å²) in [6, 6.07) is 5.19. The monoisotopic (exact) mass is 527 g/mol. The van der Waals surface area contributed by atoms with Crippen LogP contribution in [0.2, 0.25) is 0 Å². The molecule has 3 aromatic heterocycles. The molecule has 1 aromatic carbocycles. The Balaban J connectivity index is 1.40. The Kier molecular flexibility index (Phi) is 6.08. The van der Waals surface area contributed by atoms with Gasteiger partial charge in [-0.05, 0) is 38.5 Å². The van der Waals surface area contributed by atoms with E-state index >= 15 is 0 Å². The number of ether oxygens (including phenoxy) is 1. The summed E-state index contributed by atoms with van der Waals surface area (Å²) in [4.78, 5) is 35.2. The molecule has 0 spiro atoms. The van der Waals surface area contributed by atoms with E-state index in [9.17, 15) is 22.8 Å². The van der Waals surface area contributed by atoms with Gasteiger partial charge in [0.25, 0.3) is 0 Å². The molecule has 4 aromatic rings. The molecular weight excluding hydrogens is 503 g/mol. The number of rotatable bonds is 3. The quantitative estimate of drug-likeness (QED) is 0.416. The van der Waals surface area contributed by atoms with Gasteiger partial charge in [0.05, 0.1) is 17.8 Å².